The Morgan fingerprint density at radius 1 is 1.43 bits per heavy atom. The third-order valence-corrected chi connectivity index (χ3v) is 3.60. The summed E-state index contributed by atoms with van der Waals surface area (Å²) in [7, 11) is 0. The minimum absolute atomic E-state index is 0.358. The molecule has 0 aliphatic carbocycles. The Balaban J connectivity index is 1.73. The van der Waals surface area contributed by atoms with Crippen molar-refractivity contribution in [2.45, 2.75) is 31.8 Å². The van der Waals surface area contributed by atoms with Crippen molar-refractivity contribution in [3.8, 4) is 11.5 Å². The Labute approximate surface area is 121 Å². The van der Waals surface area contributed by atoms with E-state index in [0.29, 0.717) is 30.4 Å². The van der Waals surface area contributed by atoms with Crippen molar-refractivity contribution >= 4 is 5.97 Å². The molecule has 0 aromatic carbocycles. The molecule has 1 unspecified atom stereocenters. The van der Waals surface area contributed by atoms with Gasteiger partial charge in [0.1, 0.15) is 11.7 Å². The average molecular weight is 288 g/mol. The van der Waals surface area contributed by atoms with Crippen LogP contribution in [0, 0.1) is 0 Å². The lowest BCUT2D eigenvalue weighted by Crippen LogP contribution is -2.44. The molecule has 1 atom stereocenters. The Morgan fingerprint density at radius 2 is 2.33 bits per heavy atom. The smallest absolute Gasteiger partial charge is 0.320 e. The van der Waals surface area contributed by atoms with Gasteiger partial charge in [0.2, 0.25) is 11.7 Å². The number of aliphatic carboxylic acids is 1. The summed E-state index contributed by atoms with van der Waals surface area (Å²) in [6, 6.07) is 5.00. The molecule has 1 saturated heterocycles. The first-order valence-corrected chi connectivity index (χ1v) is 6.95. The Hall–Kier alpha value is -2.28. The highest BCUT2D eigenvalue weighted by molar-refractivity contribution is 5.73. The Kier molecular flexibility index (Phi) is 3.92. The van der Waals surface area contributed by atoms with Crippen LogP contribution in [0.4, 0.5) is 0 Å². The maximum absolute atomic E-state index is 11.3. The van der Waals surface area contributed by atoms with Gasteiger partial charge in [0, 0.05) is 6.20 Å². The van der Waals surface area contributed by atoms with E-state index in [1.54, 1.807) is 12.3 Å². The highest BCUT2D eigenvalue weighted by atomic mass is 16.5. The van der Waals surface area contributed by atoms with Crippen LogP contribution < -0.4 is 0 Å². The predicted molar refractivity (Wildman–Crippen MR) is 73.2 cm³/mol. The molecule has 7 nitrogen and oxygen atoms in total. The first-order valence-electron chi connectivity index (χ1n) is 6.95. The molecule has 1 aliphatic rings. The minimum Gasteiger partial charge on any atom is -0.480 e. The van der Waals surface area contributed by atoms with E-state index >= 15 is 0 Å². The number of rotatable bonds is 4. The van der Waals surface area contributed by atoms with Gasteiger partial charge in [-0.3, -0.25) is 14.7 Å². The molecule has 0 radical (unpaired) electrons. The van der Waals surface area contributed by atoms with Crippen molar-refractivity contribution in [2.24, 2.45) is 0 Å². The molecule has 110 valence electrons. The number of nitrogens with zero attached hydrogens (tertiary/aromatic N) is 4. The second-order valence-corrected chi connectivity index (χ2v) is 5.05. The minimum atomic E-state index is -0.792. The summed E-state index contributed by atoms with van der Waals surface area (Å²) in [6.45, 7) is 1.09. The second-order valence-electron chi connectivity index (χ2n) is 5.05. The average Bonchev–Trinajstić information content (AvgIpc) is 2.97. The van der Waals surface area contributed by atoms with Crippen molar-refractivity contribution < 1.29 is 14.4 Å². The van der Waals surface area contributed by atoms with Gasteiger partial charge in [0.15, 0.2) is 0 Å². The summed E-state index contributed by atoms with van der Waals surface area (Å²) < 4.78 is 5.21. The molecule has 0 saturated carbocycles. The van der Waals surface area contributed by atoms with E-state index in [1.165, 1.54) is 0 Å². The molecule has 1 aliphatic heterocycles. The van der Waals surface area contributed by atoms with Gasteiger partial charge in [-0.2, -0.15) is 4.98 Å². The SMILES string of the molecule is O=C(O)C1CCCCN1Cc1nc(-c2ccccn2)no1. The zero-order valence-electron chi connectivity index (χ0n) is 11.5. The van der Waals surface area contributed by atoms with Crippen molar-refractivity contribution in [2.75, 3.05) is 6.54 Å². The number of carboxylic acids is 1. The number of hydrogen-bond acceptors (Lipinski definition) is 6. The number of piperidine rings is 1. The van der Waals surface area contributed by atoms with Gasteiger partial charge in [-0.05, 0) is 31.5 Å². The van der Waals surface area contributed by atoms with Crippen molar-refractivity contribution in [1.82, 2.24) is 20.0 Å². The molecular weight excluding hydrogens is 272 g/mol. The van der Waals surface area contributed by atoms with Crippen LogP contribution in [0.1, 0.15) is 25.2 Å². The normalized spacial score (nSPS) is 19.5. The fraction of sp³-hybridized carbons (Fsp3) is 0.429. The molecule has 3 heterocycles. The fourth-order valence-corrected chi connectivity index (χ4v) is 2.55. The van der Waals surface area contributed by atoms with E-state index in [4.69, 9.17) is 4.52 Å². The lowest BCUT2D eigenvalue weighted by Gasteiger charge is -2.31. The highest BCUT2D eigenvalue weighted by Gasteiger charge is 2.29. The maximum atomic E-state index is 11.3. The first kappa shape index (κ1) is 13.7. The molecule has 3 rings (SSSR count). The van der Waals surface area contributed by atoms with Crippen LogP contribution >= 0.6 is 0 Å². The van der Waals surface area contributed by atoms with Crippen LogP contribution in [0.15, 0.2) is 28.9 Å². The molecule has 0 amide bonds. The zero-order valence-corrected chi connectivity index (χ0v) is 11.5. The van der Waals surface area contributed by atoms with Crippen molar-refractivity contribution in [1.29, 1.82) is 0 Å². The largest absolute Gasteiger partial charge is 0.480 e. The second kappa shape index (κ2) is 6.01. The van der Waals surface area contributed by atoms with E-state index < -0.39 is 12.0 Å². The summed E-state index contributed by atoms with van der Waals surface area (Å²) >= 11 is 0. The summed E-state index contributed by atoms with van der Waals surface area (Å²) in [5.74, 6) is 0.0532. The maximum Gasteiger partial charge on any atom is 0.320 e. The number of hydrogen-bond donors (Lipinski definition) is 1. The van der Waals surface area contributed by atoms with Crippen LogP contribution in [0.5, 0.6) is 0 Å². The van der Waals surface area contributed by atoms with Crippen LogP contribution in [0.25, 0.3) is 11.5 Å². The molecule has 1 N–H and O–H groups in total. The van der Waals surface area contributed by atoms with Crippen LogP contribution in [0.3, 0.4) is 0 Å². The number of aromatic nitrogens is 3. The summed E-state index contributed by atoms with van der Waals surface area (Å²) in [6.07, 6.45) is 4.26. The molecular formula is C14H16N4O3. The number of pyridine rings is 1. The molecule has 2 aromatic rings. The first-order chi connectivity index (χ1) is 10.2. The molecule has 0 bridgehead atoms. The number of carbonyl (C=O) groups is 1. The molecule has 0 spiro atoms. The van der Waals surface area contributed by atoms with Gasteiger partial charge in [-0.15, -0.1) is 0 Å². The van der Waals surface area contributed by atoms with Gasteiger partial charge >= 0.3 is 5.97 Å². The number of carboxylic acid groups (broad SMARTS) is 1. The van der Waals surface area contributed by atoms with Gasteiger partial charge in [-0.25, -0.2) is 0 Å². The van der Waals surface area contributed by atoms with E-state index in [1.807, 2.05) is 17.0 Å². The van der Waals surface area contributed by atoms with Gasteiger partial charge in [-0.1, -0.05) is 17.6 Å². The fourth-order valence-electron chi connectivity index (χ4n) is 2.55. The third-order valence-electron chi connectivity index (χ3n) is 3.60. The number of likely N-dealkylation sites (tertiary alicyclic amines) is 1. The van der Waals surface area contributed by atoms with E-state index in [-0.39, 0.29) is 0 Å². The molecule has 7 heteroatoms. The Morgan fingerprint density at radius 3 is 3.10 bits per heavy atom. The lowest BCUT2D eigenvalue weighted by molar-refractivity contribution is -0.145. The lowest BCUT2D eigenvalue weighted by atomic mass is 10.0. The van der Waals surface area contributed by atoms with Crippen molar-refractivity contribution in [3.63, 3.8) is 0 Å². The summed E-state index contributed by atoms with van der Waals surface area (Å²) in [5, 5.41) is 13.2. The van der Waals surface area contributed by atoms with Gasteiger partial charge in [0.25, 0.3) is 0 Å². The van der Waals surface area contributed by atoms with E-state index in [9.17, 15) is 9.90 Å². The van der Waals surface area contributed by atoms with Gasteiger partial charge < -0.3 is 9.63 Å². The van der Waals surface area contributed by atoms with Crippen LogP contribution in [-0.2, 0) is 11.3 Å². The molecule has 1 fully saturated rings. The van der Waals surface area contributed by atoms with Crippen molar-refractivity contribution in [3.05, 3.63) is 30.3 Å². The molecule has 2 aromatic heterocycles. The van der Waals surface area contributed by atoms with E-state index in [2.05, 4.69) is 15.1 Å². The van der Waals surface area contributed by atoms with Crippen LogP contribution in [0.2, 0.25) is 0 Å². The van der Waals surface area contributed by atoms with E-state index in [0.717, 1.165) is 19.4 Å². The van der Waals surface area contributed by atoms with Crippen LogP contribution in [-0.4, -0.2) is 43.7 Å². The topological polar surface area (TPSA) is 92.3 Å². The third kappa shape index (κ3) is 3.08. The standard InChI is InChI=1S/C14H16N4O3/c19-14(20)11-6-2-4-8-18(11)9-12-16-13(17-21-12)10-5-1-3-7-15-10/h1,3,5,7,11H,2,4,6,8-9H2,(H,19,20). The molecule has 21 heavy (non-hydrogen) atoms. The highest BCUT2D eigenvalue weighted by Crippen LogP contribution is 2.20. The predicted octanol–water partition coefficient (Wildman–Crippen LogP) is 1.57. The Bertz CT molecular complexity index is 614. The van der Waals surface area contributed by atoms with Gasteiger partial charge in [0.05, 0.1) is 6.54 Å². The summed E-state index contributed by atoms with van der Waals surface area (Å²) in [5.41, 5.74) is 0.640. The quantitative estimate of drug-likeness (QED) is 0.912. The zero-order chi connectivity index (χ0) is 14.7. The monoisotopic (exact) mass is 288 g/mol. The summed E-state index contributed by atoms with van der Waals surface area (Å²) in [4.78, 5) is 21.6.